The molecule has 1 atom stereocenters. The van der Waals surface area contributed by atoms with Crippen LogP contribution >= 0.6 is 0 Å². The van der Waals surface area contributed by atoms with Crippen molar-refractivity contribution in [2.45, 2.75) is 58.5 Å². The van der Waals surface area contributed by atoms with Crippen LogP contribution in [0.3, 0.4) is 0 Å². The third-order valence-electron chi connectivity index (χ3n) is 5.05. The summed E-state index contributed by atoms with van der Waals surface area (Å²) in [5.74, 6) is 1.54. The van der Waals surface area contributed by atoms with Crippen molar-refractivity contribution in [1.82, 2.24) is 19.5 Å². The average molecular weight is 535 g/mol. The molecule has 38 heavy (non-hydrogen) atoms. The zero-order chi connectivity index (χ0) is 28.1. The molecule has 1 amide bonds. The maximum Gasteiger partial charge on any atom is 0.519 e. The van der Waals surface area contributed by atoms with E-state index in [0.29, 0.717) is 0 Å². The third kappa shape index (κ3) is 7.07. The first-order chi connectivity index (χ1) is 17.8. The highest BCUT2D eigenvalue weighted by Crippen LogP contribution is 2.23. The maximum atomic E-state index is 14.2. The molecule has 3 rings (SSSR count). The van der Waals surface area contributed by atoms with E-state index in [1.807, 2.05) is 0 Å². The van der Waals surface area contributed by atoms with Gasteiger partial charge < -0.3 is 32.3 Å². The molecule has 0 radical (unpaired) electrons. The molecule has 3 aromatic rings. The fourth-order valence-corrected chi connectivity index (χ4v) is 3.12. The molecule has 0 spiro atoms. The number of aromatic nitrogens is 4. The standard InChI is InChI=1S/C23H26FN5O9/c1-7-23(33-6,11-35-20(31)34-10-14-13(2)36-21(32)37-14)8-9-29-12-25-15-16(26-18(24)28-17(15)29)27-19(30)38-22(3,4)5/h1,12H,8-11H2,2-6H3,(H,26,27,28,30). The number of anilines is 1. The number of ether oxygens (including phenoxy) is 4. The lowest BCUT2D eigenvalue weighted by Crippen LogP contribution is -2.37. The lowest BCUT2D eigenvalue weighted by Gasteiger charge is -2.26. The number of rotatable bonds is 9. The van der Waals surface area contributed by atoms with Crippen molar-refractivity contribution >= 4 is 29.2 Å². The highest BCUT2D eigenvalue weighted by molar-refractivity contribution is 5.93. The molecular weight excluding hydrogens is 509 g/mol. The number of amides is 1. The number of terminal acetylenes is 1. The normalized spacial score (nSPS) is 13.0. The molecule has 14 nitrogen and oxygen atoms in total. The number of halogens is 1. The molecule has 3 heterocycles. The third-order valence-corrected chi connectivity index (χ3v) is 5.05. The molecule has 1 N–H and O–H groups in total. The van der Waals surface area contributed by atoms with Gasteiger partial charge in [-0.25, -0.2) is 19.4 Å². The Morgan fingerprint density at radius 1 is 1.24 bits per heavy atom. The molecule has 0 aromatic carbocycles. The number of nitrogens with one attached hydrogen (secondary N) is 1. The average Bonchev–Trinajstić information content (AvgIpc) is 3.38. The van der Waals surface area contributed by atoms with E-state index in [9.17, 15) is 18.8 Å². The van der Waals surface area contributed by atoms with Gasteiger partial charge in [0.05, 0.1) is 6.33 Å². The highest BCUT2D eigenvalue weighted by atomic mass is 19.1. The minimum Gasteiger partial charge on any atom is -0.444 e. The van der Waals surface area contributed by atoms with Crippen LogP contribution in [-0.4, -0.2) is 56.7 Å². The summed E-state index contributed by atoms with van der Waals surface area (Å²) in [6.45, 7) is 5.81. The van der Waals surface area contributed by atoms with Gasteiger partial charge in [0.15, 0.2) is 40.7 Å². The van der Waals surface area contributed by atoms with Gasteiger partial charge in [0.2, 0.25) is 0 Å². The van der Waals surface area contributed by atoms with E-state index >= 15 is 0 Å². The smallest absolute Gasteiger partial charge is 0.444 e. The summed E-state index contributed by atoms with van der Waals surface area (Å²) in [5.41, 5.74) is -1.99. The van der Waals surface area contributed by atoms with Crippen molar-refractivity contribution in [2.24, 2.45) is 0 Å². The predicted octanol–water partition coefficient (Wildman–Crippen LogP) is 2.93. The summed E-state index contributed by atoms with van der Waals surface area (Å²) in [4.78, 5) is 46.8. The van der Waals surface area contributed by atoms with Crippen LogP contribution in [-0.2, 0) is 32.1 Å². The Balaban J connectivity index is 1.67. The quantitative estimate of drug-likeness (QED) is 0.242. The lowest BCUT2D eigenvalue weighted by molar-refractivity contribution is -0.0414. The van der Waals surface area contributed by atoms with E-state index in [2.05, 4.69) is 30.6 Å². The largest absolute Gasteiger partial charge is 0.519 e. The number of fused-ring (bicyclic) bond motifs is 1. The molecule has 1 unspecified atom stereocenters. The van der Waals surface area contributed by atoms with Crippen molar-refractivity contribution in [3.63, 3.8) is 0 Å². The summed E-state index contributed by atoms with van der Waals surface area (Å²) in [6, 6.07) is 0. The molecule has 0 aliphatic rings. The van der Waals surface area contributed by atoms with Gasteiger partial charge in [-0.15, -0.1) is 6.42 Å². The van der Waals surface area contributed by atoms with Crippen LogP contribution in [0, 0.1) is 25.3 Å². The zero-order valence-corrected chi connectivity index (χ0v) is 21.3. The minimum atomic E-state index is -1.39. The van der Waals surface area contributed by atoms with Gasteiger partial charge in [0.1, 0.15) is 12.2 Å². The monoisotopic (exact) mass is 535 g/mol. The summed E-state index contributed by atoms with van der Waals surface area (Å²) in [7, 11) is 1.33. The van der Waals surface area contributed by atoms with E-state index in [-0.39, 0.29) is 41.5 Å². The van der Waals surface area contributed by atoms with Crippen molar-refractivity contribution in [3.05, 3.63) is 34.5 Å². The Hall–Kier alpha value is -4.45. The summed E-state index contributed by atoms with van der Waals surface area (Å²) in [5, 5.41) is 2.37. The highest BCUT2D eigenvalue weighted by Gasteiger charge is 2.31. The molecule has 3 aromatic heterocycles. The molecule has 15 heteroatoms. The Morgan fingerprint density at radius 3 is 2.58 bits per heavy atom. The predicted molar refractivity (Wildman–Crippen MR) is 126 cm³/mol. The van der Waals surface area contributed by atoms with Gasteiger partial charge in [0.25, 0.3) is 0 Å². The first-order valence-electron chi connectivity index (χ1n) is 11.1. The van der Waals surface area contributed by atoms with E-state index in [4.69, 9.17) is 29.8 Å². The van der Waals surface area contributed by atoms with E-state index in [0.717, 1.165) is 0 Å². The zero-order valence-electron chi connectivity index (χ0n) is 21.3. The number of carbonyl (C=O) groups is 2. The molecule has 0 aliphatic heterocycles. The van der Waals surface area contributed by atoms with Crippen molar-refractivity contribution in [2.75, 3.05) is 19.0 Å². The maximum absolute atomic E-state index is 14.2. The number of methoxy groups -OCH3 is 1. The second-order valence-corrected chi connectivity index (χ2v) is 8.93. The van der Waals surface area contributed by atoms with Crippen LogP contribution in [0.2, 0.25) is 0 Å². The van der Waals surface area contributed by atoms with E-state index in [1.54, 1.807) is 20.8 Å². The summed E-state index contributed by atoms with van der Waals surface area (Å²) < 4.78 is 45.6. The second-order valence-electron chi connectivity index (χ2n) is 8.93. The van der Waals surface area contributed by atoms with Crippen LogP contribution in [0.4, 0.5) is 19.8 Å². The van der Waals surface area contributed by atoms with Crippen LogP contribution in [0.1, 0.15) is 38.7 Å². The number of aryl methyl sites for hydroxylation is 2. The van der Waals surface area contributed by atoms with Crippen LogP contribution < -0.4 is 11.1 Å². The number of carbonyl (C=O) groups excluding carboxylic acids is 2. The molecule has 204 valence electrons. The van der Waals surface area contributed by atoms with Crippen LogP contribution in [0.25, 0.3) is 11.2 Å². The fraction of sp³-hybridized carbons (Fsp3) is 0.478. The topological polar surface area (TPSA) is 170 Å². The lowest BCUT2D eigenvalue weighted by atomic mass is 10.0. The van der Waals surface area contributed by atoms with Gasteiger partial charge in [-0.05, 0) is 27.7 Å². The number of hydrogen-bond donors (Lipinski definition) is 1. The molecule has 0 saturated carbocycles. The van der Waals surface area contributed by atoms with Crippen LogP contribution in [0.15, 0.2) is 20.0 Å². The van der Waals surface area contributed by atoms with Gasteiger partial charge in [0, 0.05) is 20.1 Å². The number of nitrogens with zero attached hydrogens (tertiary/aromatic N) is 4. The van der Waals surface area contributed by atoms with Gasteiger partial charge in [-0.3, -0.25) is 5.32 Å². The van der Waals surface area contributed by atoms with E-state index in [1.165, 1.54) is 24.9 Å². The van der Waals surface area contributed by atoms with Crippen molar-refractivity contribution < 1.29 is 41.8 Å². The summed E-state index contributed by atoms with van der Waals surface area (Å²) in [6.07, 6.45) is 4.05. The van der Waals surface area contributed by atoms with Gasteiger partial charge >= 0.3 is 24.1 Å². The van der Waals surface area contributed by atoms with Gasteiger partial charge in [-0.2, -0.15) is 14.4 Å². The molecule has 0 aliphatic carbocycles. The van der Waals surface area contributed by atoms with E-state index < -0.39 is 48.6 Å². The first-order valence-corrected chi connectivity index (χ1v) is 11.1. The Labute approximate surface area is 215 Å². The Morgan fingerprint density at radius 2 is 1.97 bits per heavy atom. The summed E-state index contributed by atoms with van der Waals surface area (Å²) >= 11 is 0. The Bertz CT molecular complexity index is 1420. The minimum absolute atomic E-state index is 0.0311. The van der Waals surface area contributed by atoms with Crippen molar-refractivity contribution in [1.29, 1.82) is 0 Å². The molecule has 0 fully saturated rings. The number of imidazole rings is 1. The molecular formula is C23H26FN5O9. The second kappa shape index (κ2) is 11.3. The first kappa shape index (κ1) is 28.1. The number of hydrogen-bond acceptors (Lipinski definition) is 12. The molecule has 0 saturated heterocycles. The Kier molecular flexibility index (Phi) is 8.36. The van der Waals surface area contributed by atoms with Crippen LogP contribution in [0.5, 0.6) is 0 Å². The van der Waals surface area contributed by atoms with Crippen molar-refractivity contribution in [3.8, 4) is 12.3 Å². The SMILES string of the molecule is C#CC(CCn1cnc2c(NC(=O)OC(C)(C)C)nc(F)nc21)(COC(=O)OCc1oc(=O)oc1C)OC. The molecule has 0 bridgehead atoms. The van der Waals surface area contributed by atoms with Gasteiger partial charge in [-0.1, -0.05) is 5.92 Å². The fourth-order valence-electron chi connectivity index (χ4n) is 3.12.